The highest BCUT2D eigenvalue weighted by Gasteiger charge is 2.29. The first-order chi connectivity index (χ1) is 17.0. The fourth-order valence-electron chi connectivity index (χ4n) is 5.02. The molecule has 35 heavy (non-hydrogen) atoms. The molecule has 4 heterocycles. The molecule has 9 heteroatoms. The van der Waals surface area contributed by atoms with Gasteiger partial charge < -0.3 is 24.7 Å². The van der Waals surface area contributed by atoms with Crippen LogP contribution in [0.2, 0.25) is 0 Å². The predicted octanol–water partition coefficient (Wildman–Crippen LogP) is 2.92. The third-order valence-corrected chi connectivity index (χ3v) is 7.24. The minimum absolute atomic E-state index is 0.0148. The van der Waals surface area contributed by atoms with Gasteiger partial charge >= 0.3 is 0 Å². The van der Waals surface area contributed by atoms with Gasteiger partial charge in [0.05, 0.1) is 31.1 Å². The molecule has 8 nitrogen and oxygen atoms in total. The van der Waals surface area contributed by atoms with Crippen LogP contribution in [0.4, 0.5) is 10.1 Å². The standard InChI is InChI=1S/C26H28FN5O3/c1-16(18-10-25(33)28-12-18)35-24-9-17(8-23-26(24)30-15-29-23)21-3-2-19(11-22(21)27)31-4-6-32(7-5-31)20-13-34-14-20/h2-3,8-9,11,15,18,20H,1,4-7,10,12-14H2,(H,28,33)(H,29,30)/t18-/m1/s1. The van der Waals surface area contributed by atoms with Crippen LogP contribution in [0.15, 0.2) is 49.0 Å². The van der Waals surface area contributed by atoms with E-state index in [0.717, 1.165) is 50.6 Å². The number of amides is 1. The monoisotopic (exact) mass is 477 g/mol. The number of nitrogens with one attached hydrogen (secondary N) is 2. The average Bonchev–Trinajstić information content (AvgIpc) is 3.47. The van der Waals surface area contributed by atoms with Gasteiger partial charge in [0.15, 0.2) is 5.75 Å². The Labute approximate surface area is 202 Å². The third kappa shape index (κ3) is 4.26. The van der Waals surface area contributed by atoms with Crippen molar-refractivity contribution < 1.29 is 18.7 Å². The lowest BCUT2D eigenvalue weighted by Gasteiger charge is -2.43. The number of carbonyl (C=O) groups excluding carboxylic acids is 1. The third-order valence-electron chi connectivity index (χ3n) is 7.24. The Bertz CT molecular complexity index is 1280. The topological polar surface area (TPSA) is 82.7 Å². The molecule has 1 aromatic heterocycles. The molecule has 1 amide bonds. The zero-order chi connectivity index (χ0) is 23.9. The Kier molecular flexibility index (Phi) is 5.66. The summed E-state index contributed by atoms with van der Waals surface area (Å²) in [6, 6.07) is 9.61. The summed E-state index contributed by atoms with van der Waals surface area (Å²) < 4.78 is 26.8. The Morgan fingerprint density at radius 1 is 1.17 bits per heavy atom. The number of hydrogen-bond donors (Lipinski definition) is 2. The van der Waals surface area contributed by atoms with Gasteiger partial charge in [0, 0.05) is 56.3 Å². The number of aromatic nitrogens is 2. The highest BCUT2D eigenvalue weighted by Crippen LogP contribution is 2.35. The van der Waals surface area contributed by atoms with Crippen molar-refractivity contribution in [3.63, 3.8) is 0 Å². The van der Waals surface area contributed by atoms with E-state index in [9.17, 15) is 4.79 Å². The molecular weight excluding hydrogens is 449 g/mol. The zero-order valence-corrected chi connectivity index (χ0v) is 19.4. The Hall–Kier alpha value is -3.43. The number of fused-ring (bicyclic) bond motifs is 1. The van der Waals surface area contributed by atoms with E-state index in [0.29, 0.717) is 47.2 Å². The molecule has 2 N–H and O–H groups in total. The maximum atomic E-state index is 15.4. The maximum absolute atomic E-state index is 15.4. The van der Waals surface area contributed by atoms with Crippen LogP contribution < -0.4 is 15.0 Å². The van der Waals surface area contributed by atoms with Gasteiger partial charge in [0.2, 0.25) is 5.91 Å². The number of halogens is 1. The first-order valence-electron chi connectivity index (χ1n) is 12.0. The van der Waals surface area contributed by atoms with Crippen molar-refractivity contribution in [2.75, 3.05) is 50.8 Å². The predicted molar refractivity (Wildman–Crippen MR) is 131 cm³/mol. The molecule has 0 radical (unpaired) electrons. The molecular formula is C26H28FN5O3. The van der Waals surface area contributed by atoms with E-state index in [1.54, 1.807) is 18.5 Å². The first-order valence-corrected chi connectivity index (χ1v) is 12.0. The normalized spacial score (nSPS) is 21.2. The largest absolute Gasteiger partial charge is 0.460 e. The van der Waals surface area contributed by atoms with Crippen molar-refractivity contribution in [3.8, 4) is 16.9 Å². The van der Waals surface area contributed by atoms with Crippen LogP contribution >= 0.6 is 0 Å². The van der Waals surface area contributed by atoms with Gasteiger partial charge in [-0.05, 0) is 35.9 Å². The molecule has 1 atom stereocenters. The molecule has 6 rings (SSSR count). The van der Waals surface area contributed by atoms with Gasteiger partial charge in [-0.2, -0.15) is 0 Å². The van der Waals surface area contributed by atoms with Crippen molar-refractivity contribution in [1.29, 1.82) is 0 Å². The van der Waals surface area contributed by atoms with E-state index in [1.165, 1.54) is 0 Å². The molecule has 3 aromatic rings. The molecule has 0 saturated carbocycles. The van der Waals surface area contributed by atoms with Gasteiger partial charge in [-0.15, -0.1) is 0 Å². The molecule has 182 valence electrons. The molecule has 0 bridgehead atoms. The van der Waals surface area contributed by atoms with Crippen LogP contribution in [0.1, 0.15) is 6.42 Å². The summed E-state index contributed by atoms with van der Waals surface area (Å²) in [5, 5.41) is 2.80. The van der Waals surface area contributed by atoms with Gasteiger partial charge in [0.25, 0.3) is 0 Å². The molecule has 0 unspecified atom stereocenters. The summed E-state index contributed by atoms with van der Waals surface area (Å²) in [5.74, 6) is 0.579. The van der Waals surface area contributed by atoms with E-state index in [4.69, 9.17) is 9.47 Å². The van der Waals surface area contributed by atoms with Crippen molar-refractivity contribution >= 4 is 22.6 Å². The van der Waals surface area contributed by atoms with Crippen LogP contribution in [0.5, 0.6) is 5.75 Å². The zero-order valence-electron chi connectivity index (χ0n) is 19.4. The number of hydrogen-bond acceptors (Lipinski definition) is 6. The lowest BCUT2D eigenvalue weighted by molar-refractivity contribution is -0.119. The minimum atomic E-state index is -0.286. The van der Waals surface area contributed by atoms with E-state index in [1.807, 2.05) is 18.2 Å². The highest BCUT2D eigenvalue weighted by atomic mass is 19.1. The van der Waals surface area contributed by atoms with Gasteiger partial charge in [-0.3, -0.25) is 9.69 Å². The van der Waals surface area contributed by atoms with Crippen molar-refractivity contribution in [2.45, 2.75) is 12.5 Å². The van der Waals surface area contributed by atoms with E-state index >= 15 is 4.39 Å². The summed E-state index contributed by atoms with van der Waals surface area (Å²) in [7, 11) is 0. The number of anilines is 1. The summed E-state index contributed by atoms with van der Waals surface area (Å²) in [5.41, 5.74) is 3.44. The van der Waals surface area contributed by atoms with Gasteiger partial charge in [-0.25, -0.2) is 9.37 Å². The number of imidazole rings is 1. The minimum Gasteiger partial charge on any atom is -0.460 e. The molecule has 3 fully saturated rings. The summed E-state index contributed by atoms with van der Waals surface area (Å²) >= 11 is 0. The highest BCUT2D eigenvalue weighted by molar-refractivity contribution is 5.88. The van der Waals surface area contributed by atoms with Crippen LogP contribution in [-0.4, -0.2) is 72.8 Å². The van der Waals surface area contributed by atoms with Crippen LogP contribution in [0.3, 0.4) is 0 Å². The Morgan fingerprint density at radius 2 is 2.00 bits per heavy atom. The second-order valence-corrected chi connectivity index (χ2v) is 9.43. The molecule has 0 spiro atoms. The number of ether oxygens (including phenoxy) is 2. The second kappa shape index (κ2) is 8.98. The summed E-state index contributed by atoms with van der Waals surface area (Å²) in [4.78, 5) is 23.7. The SMILES string of the molecule is C=C(Oc1cc(-c2ccc(N3CCN(C4COC4)CC3)cc2F)cc2[nH]cnc12)[C@H]1CNC(=O)C1. The molecule has 0 aliphatic carbocycles. The number of piperazine rings is 1. The number of aromatic amines is 1. The first kappa shape index (κ1) is 22.1. The average molecular weight is 478 g/mol. The lowest BCUT2D eigenvalue weighted by atomic mass is 10.0. The molecule has 3 aliphatic rings. The molecule has 3 saturated heterocycles. The fraction of sp³-hybridized carbons (Fsp3) is 0.385. The smallest absolute Gasteiger partial charge is 0.220 e. The van der Waals surface area contributed by atoms with Crippen LogP contribution in [0, 0.1) is 11.7 Å². The molecule has 2 aromatic carbocycles. The van der Waals surface area contributed by atoms with E-state index < -0.39 is 0 Å². The quantitative estimate of drug-likeness (QED) is 0.532. The van der Waals surface area contributed by atoms with E-state index in [-0.39, 0.29) is 17.6 Å². The maximum Gasteiger partial charge on any atom is 0.220 e. The van der Waals surface area contributed by atoms with E-state index in [2.05, 4.69) is 31.7 Å². The Morgan fingerprint density at radius 3 is 2.69 bits per heavy atom. The summed E-state index contributed by atoms with van der Waals surface area (Å²) in [6.45, 7) is 9.82. The molecule has 3 aliphatic heterocycles. The second-order valence-electron chi connectivity index (χ2n) is 9.43. The number of nitrogens with zero attached hydrogens (tertiary/aromatic N) is 3. The van der Waals surface area contributed by atoms with Gasteiger partial charge in [0.1, 0.15) is 17.1 Å². The summed E-state index contributed by atoms with van der Waals surface area (Å²) in [6.07, 6.45) is 1.93. The van der Waals surface area contributed by atoms with Crippen molar-refractivity contribution in [1.82, 2.24) is 20.2 Å². The number of benzene rings is 2. The number of carbonyl (C=O) groups is 1. The lowest BCUT2D eigenvalue weighted by Crippen LogP contribution is -2.56. The van der Waals surface area contributed by atoms with Gasteiger partial charge in [-0.1, -0.05) is 6.58 Å². The van der Waals surface area contributed by atoms with Crippen molar-refractivity contribution in [2.24, 2.45) is 5.92 Å². The fourth-order valence-corrected chi connectivity index (χ4v) is 5.02. The van der Waals surface area contributed by atoms with Crippen LogP contribution in [-0.2, 0) is 9.53 Å². The number of rotatable bonds is 6. The number of H-pyrrole nitrogens is 1. The Balaban J connectivity index is 1.23. The van der Waals surface area contributed by atoms with Crippen molar-refractivity contribution in [3.05, 3.63) is 54.8 Å². The van der Waals surface area contributed by atoms with Crippen LogP contribution in [0.25, 0.3) is 22.2 Å².